The van der Waals surface area contributed by atoms with E-state index in [1.807, 2.05) is 12.3 Å². The summed E-state index contributed by atoms with van der Waals surface area (Å²) in [7, 11) is 0. The van der Waals surface area contributed by atoms with Gasteiger partial charge in [-0.25, -0.2) is 4.98 Å². The fourth-order valence-electron chi connectivity index (χ4n) is 2.72. The lowest BCUT2D eigenvalue weighted by molar-refractivity contribution is 0.247. The lowest BCUT2D eigenvalue weighted by Gasteiger charge is -2.25. The molecule has 1 aliphatic rings. The van der Waals surface area contributed by atoms with Crippen LogP contribution in [0.1, 0.15) is 16.1 Å². The van der Waals surface area contributed by atoms with Gasteiger partial charge in [0.25, 0.3) is 0 Å². The van der Waals surface area contributed by atoms with Crippen LogP contribution in [-0.2, 0) is 19.5 Å². The molecule has 0 spiro atoms. The number of nitrogens with zero attached hydrogens (tertiary/aromatic N) is 3. The summed E-state index contributed by atoms with van der Waals surface area (Å²) in [5.41, 5.74) is 6.58. The Hall–Kier alpha value is -1.78. The quantitative estimate of drug-likeness (QED) is 0.722. The molecule has 0 fully saturated rings. The van der Waals surface area contributed by atoms with Gasteiger partial charge >= 0.3 is 0 Å². The van der Waals surface area contributed by atoms with Crippen LogP contribution in [-0.4, -0.2) is 21.4 Å². The molecule has 0 N–H and O–H groups in total. The first-order chi connectivity index (χ1) is 9.88. The van der Waals surface area contributed by atoms with Gasteiger partial charge < -0.3 is 0 Å². The highest BCUT2D eigenvalue weighted by Gasteiger charge is 2.18. The molecule has 0 aliphatic carbocycles. The third-order valence-electron chi connectivity index (χ3n) is 3.76. The molecular weight excluding hydrogens is 266 g/mol. The van der Waals surface area contributed by atoms with Gasteiger partial charge in [0.05, 0.1) is 11.2 Å². The number of fused-ring (bicyclic) bond motifs is 2. The third kappa shape index (κ3) is 2.21. The topological polar surface area (TPSA) is 29.0 Å². The molecule has 1 aromatic carbocycles. The molecule has 0 unspecified atom stereocenters. The second kappa shape index (κ2) is 4.96. The first-order valence-corrected chi connectivity index (χ1v) is 7.61. The summed E-state index contributed by atoms with van der Waals surface area (Å²) in [5, 5.41) is 1.22. The standard InChI is InChI=1S/C16H14N3S/c1-2-4-14-13(3-1)7-12(8-17-14)9-19-6-5-15-16(10-19)20-11-18-15/h1-4,7-8H,5-6,9-10H2. The van der Waals surface area contributed by atoms with Gasteiger partial charge in [-0.3, -0.25) is 9.88 Å². The number of pyridine rings is 1. The predicted molar refractivity (Wildman–Crippen MR) is 80.5 cm³/mol. The van der Waals surface area contributed by atoms with Gasteiger partial charge in [0.15, 0.2) is 5.51 Å². The average molecular weight is 280 g/mol. The summed E-state index contributed by atoms with van der Waals surface area (Å²) in [4.78, 5) is 12.7. The van der Waals surface area contributed by atoms with Crippen LogP contribution in [0, 0.1) is 5.51 Å². The summed E-state index contributed by atoms with van der Waals surface area (Å²) in [6.07, 6.45) is 3.03. The molecule has 4 heteroatoms. The Balaban J connectivity index is 1.56. The molecule has 0 bridgehead atoms. The summed E-state index contributed by atoms with van der Waals surface area (Å²) in [6.45, 7) is 3.01. The van der Waals surface area contributed by atoms with Crippen LogP contribution in [0.15, 0.2) is 36.5 Å². The molecular formula is C16H14N3S. The van der Waals surface area contributed by atoms with Crippen molar-refractivity contribution in [2.45, 2.75) is 19.5 Å². The molecule has 99 valence electrons. The van der Waals surface area contributed by atoms with Crippen LogP contribution < -0.4 is 0 Å². The monoisotopic (exact) mass is 280 g/mol. The highest BCUT2D eigenvalue weighted by molar-refractivity contribution is 7.09. The minimum Gasteiger partial charge on any atom is -0.293 e. The molecule has 1 radical (unpaired) electrons. The highest BCUT2D eigenvalue weighted by Crippen LogP contribution is 2.23. The summed E-state index contributed by atoms with van der Waals surface area (Å²) in [6, 6.07) is 10.5. The first-order valence-electron chi connectivity index (χ1n) is 6.79. The van der Waals surface area contributed by atoms with Gasteiger partial charge in [0.1, 0.15) is 0 Å². The van der Waals surface area contributed by atoms with Crippen LogP contribution in [0.2, 0.25) is 0 Å². The van der Waals surface area contributed by atoms with Gasteiger partial charge in [-0.05, 0) is 17.7 Å². The fourth-order valence-corrected chi connectivity index (χ4v) is 3.49. The average Bonchev–Trinajstić information content (AvgIpc) is 2.95. The first kappa shape index (κ1) is 12.0. The van der Waals surface area contributed by atoms with E-state index < -0.39 is 0 Å². The van der Waals surface area contributed by atoms with Crippen molar-refractivity contribution in [1.29, 1.82) is 0 Å². The molecule has 3 heterocycles. The fraction of sp³-hybridized carbons (Fsp3) is 0.250. The Kier molecular flexibility index (Phi) is 2.98. The van der Waals surface area contributed by atoms with E-state index in [1.54, 1.807) is 11.3 Å². The van der Waals surface area contributed by atoms with Gasteiger partial charge in [-0.15, -0.1) is 11.3 Å². The van der Waals surface area contributed by atoms with Crippen molar-refractivity contribution in [2.24, 2.45) is 0 Å². The minimum absolute atomic E-state index is 0.954. The summed E-state index contributed by atoms with van der Waals surface area (Å²) >= 11 is 1.65. The maximum absolute atomic E-state index is 4.54. The van der Waals surface area contributed by atoms with Crippen molar-refractivity contribution in [3.05, 3.63) is 58.2 Å². The molecule has 3 aromatic rings. The Morgan fingerprint density at radius 1 is 1.30 bits per heavy atom. The van der Waals surface area contributed by atoms with Crippen molar-refractivity contribution in [2.75, 3.05) is 6.54 Å². The van der Waals surface area contributed by atoms with E-state index >= 15 is 0 Å². The molecule has 3 nitrogen and oxygen atoms in total. The zero-order chi connectivity index (χ0) is 13.4. The molecule has 4 rings (SSSR count). The molecule has 1 aliphatic heterocycles. The molecule has 0 saturated carbocycles. The summed E-state index contributed by atoms with van der Waals surface area (Å²) in [5.74, 6) is 0. The lowest BCUT2D eigenvalue weighted by Crippen LogP contribution is -2.29. The second-order valence-corrected chi connectivity index (χ2v) is 6.05. The Morgan fingerprint density at radius 2 is 2.25 bits per heavy atom. The molecule has 0 saturated heterocycles. The molecule has 2 aromatic heterocycles. The SMILES string of the molecule is [c]1nc2c(s1)CN(Cc1cnc3ccccc3c1)CC2. The Labute approximate surface area is 121 Å². The van der Waals surface area contributed by atoms with Crippen molar-refractivity contribution in [3.63, 3.8) is 0 Å². The van der Waals surface area contributed by atoms with Gasteiger partial charge in [0, 0.05) is 42.5 Å². The lowest BCUT2D eigenvalue weighted by atomic mass is 10.1. The number of hydrogen-bond donors (Lipinski definition) is 0. The van der Waals surface area contributed by atoms with E-state index in [0.717, 1.165) is 31.6 Å². The van der Waals surface area contributed by atoms with Crippen LogP contribution >= 0.6 is 11.3 Å². The molecule has 20 heavy (non-hydrogen) atoms. The number of rotatable bonds is 2. The van der Waals surface area contributed by atoms with Crippen LogP contribution in [0.25, 0.3) is 10.9 Å². The van der Waals surface area contributed by atoms with E-state index in [9.17, 15) is 0 Å². The zero-order valence-corrected chi connectivity index (χ0v) is 11.9. The van der Waals surface area contributed by atoms with Crippen LogP contribution in [0.5, 0.6) is 0 Å². The van der Waals surface area contributed by atoms with Crippen molar-refractivity contribution in [1.82, 2.24) is 14.9 Å². The largest absolute Gasteiger partial charge is 0.293 e. The third-order valence-corrected chi connectivity index (χ3v) is 4.55. The predicted octanol–water partition coefficient (Wildman–Crippen LogP) is 3.05. The van der Waals surface area contributed by atoms with Crippen molar-refractivity contribution < 1.29 is 0 Å². The Morgan fingerprint density at radius 3 is 3.25 bits per heavy atom. The number of hydrogen-bond acceptors (Lipinski definition) is 4. The van der Waals surface area contributed by atoms with E-state index in [0.29, 0.717) is 0 Å². The maximum Gasteiger partial charge on any atom is 0.152 e. The van der Waals surface area contributed by atoms with E-state index in [2.05, 4.69) is 44.6 Å². The zero-order valence-electron chi connectivity index (χ0n) is 11.0. The van der Waals surface area contributed by atoms with E-state index in [-0.39, 0.29) is 0 Å². The number of para-hydroxylation sites is 1. The number of thiazole rings is 1. The molecule has 0 amide bonds. The van der Waals surface area contributed by atoms with Gasteiger partial charge in [-0.1, -0.05) is 18.2 Å². The van der Waals surface area contributed by atoms with Crippen molar-refractivity contribution in [3.8, 4) is 0 Å². The number of benzene rings is 1. The van der Waals surface area contributed by atoms with E-state index in [1.165, 1.54) is 21.5 Å². The molecule has 0 atom stereocenters. The van der Waals surface area contributed by atoms with Crippen LogP contribution in [0.4, 0.5) is 0 Å². The highest BCUT2D eigenvalue weighted by atomic mass is 32.1. The minimum atomic E-state index is 0.954. The van der Waals surface area contributed by atoms with Crippen molar-refractivity contribution >= 4 is 22.2 Å². The maximum atomic E-state index is 4.54. The van der Waals surface area contributed by atoms with Gasteiger partial charge in [0.2, 0.25) is 0 Å². The van der Waals surface area contributed by atoms with Crippen LogP contribution in [0.3, 0.4) is 0 Å². The van der Waals surface area contributed by atoms with Gasteiger partial charge in [-0.2, -0.15) is 0 Å². The smallest absolute Gasteiger partial charge is 0.152 e. The normalized spacial score (nSPS) is 15.4. The van der Waals surface area contributed by atoms with E-state index in [4.69, 9.17) is 0 Å². The number of aromatic nitrogens is 2. The Bertz CT molecular complexity index is 750. The second-order valence-electron chi connectivity index (χ2n) is 5.17. The summed E-state index contributed by atoms with van der Waals surface area (Å²) < 4.78 is 0.